The number of hydrogen-bond acceptors (Lipinski definition) is 21. The number of ether oxygens (including phenoxy) is 3. The van der Waals surface area contributed by atoms with Crippen molar-refractivity contribution in [1.29, 1.82) is 0 Å². The Morgan fingerprint density at radius 1 is 0.814 bits per heavy atom. The minimum absolute atomic E-state index is 0.0212. The molecule has 0 radical (unpaired) electrons. The van der Waals surface area contributed by atoms with Gasteiger partial charge in [0, 0.05) is 20.8 Å². The third-order valence-corrected chi connectivity index (χ3v) is 31.2. The van der Waals surface area contributed by atoms with Crippen molar-refractivity contribution in [2.75, 3.05) is 76.7 Å². The summed E-state index contributed by atoms with van der Waals surface area (Å²) in [6.45, 7) is 39.3. The summed E-state index contributed by atoms with van der Waals surface area (Å²) >= 11 is 11.5. The zero-order valence-electron chi connectivity index (χ0n) is 54.6. The van der Waals surface area contributed by atoms with Gasteiger partial charge >= 0.3 is 6.09 Å². The van der Waals surface area contributed by atoms with Gasteiger partial charge in [0.05, 0.1) is 77.3 Å². The van der Waals surface area contributed by atoms with E-state index >= 15 is 0 Å². The Morgan fingerprint density at radius 3 is 1.97 bits per heavy atom. The van der Waals surface area contributed by atoms with Crippen molar-refractivity contribution in [3.8, 4) is 0 Å². The first kappa shape index (κ1) is 72.5. The Bertz CT molecular complexity index is 2950. The molecule has 6 N–H and O–H groups in total. The molecular weight excluding hydrogens is 1230 g/mol. The van der Waals surface area contributed by atoms with Gasteiger partial charge in [-0.2, -0.15) is 0 Å². The van der Waals surface area contributed by atoms with Gasteiger partial charge in [-0.25, -0.2) is 29.7 Å². The molecule has 4 aromatic rings. The highest BCUT2D eigenvalue weighted by molar-refractivity contribution is 8.32. The number of alkyl carbamates (subject to hydrolysis) is 1. The predicted octanol–water partition coefficient (Wildman–Crippen LogP) is 7.27. The topological polar surface area (TPSA) is 274 Å². The Balaban J connectivity index is 0.000000753. The van der Waals surface area contributed by atoms with E-state index in [-0.39, 0.29) is 46.0 Å². The molecule has 2 bridgehead atoms. The molecule has 0 aliphatic carbocycles. The molecular formula is C55H102N12O12P2S2Si3. The normalized spacial score (nSPS) is 26.8. The van der Waals surface area contributed by atoms with Gasteiger partial charge < -0.3 is 89.0 Å². The number of nitrogens with zero attached hydrogens (tertiary/aromatic N) is 7. The van der Waals surface area contributed by atoms with Crippen molar-refractivity contribution in [2.45, 2.75) is 214 Å². The van der Waals surface area contributed by atoms with E-state index in [2.05, 4.69) is 141 Å². The van der Waals surface area contributed by atoms with Gasteiger partial charge in [0.2, 0.25) is 6.80 Å². The molecule has 8 heterocycles. The number of aromatic nitrogens is 7. The molecule has 86 heavy (non-hydrogen) atoms. The van der Waals surface area contributed by atoms with Gasteiger partial charge in [0.1, 0.15) is 66.7 Å². The van der Waals surface area contributed by atoms with Crippen LogP contribution in [0.1, 0.15) is 113 Å². The molecule has 488 valence electrons. The van der Waals surface area contributed by atoms with Crippen LogP contribution >= 0.6 is 13.5 Å². The fraction of sp³-hybridized carbons (Fsp3) is 0.782. The number of amides is 1. The standard InChI is InChI=1S/C43H72N10O12P2S2Si3.2C6H15N/c1-42(2,3)71(10,11)64-32-27-22-59-66(55,68)62-31-26(60-40(34(31)65-72(12,13)43(4,5)6)52-20-25-15-14-16-45-36-29(25)37(52)48-23-47-36)21-58-67(56,69)63-33(32)39(61-27)53-24-49-30-35(44)50-28(51-38(30)53)19-46-41(54)57-17-18-70(7,8)9;2*1-4-7(5-2)6-3/h20,23-24,26-27,31-34,39-40H,14-19,21-22H2,1-13H3,(H,46,54)(H,55,68)(H,56,69)(H2,44,50,51)(H,45,47,48);2*4-6H2,1-3H3/t26-,27-,31-,32-,33-,34-,39-,40-,66?,67?;;/m1../s1. The minimum Gasteiger partial charge on any atom is -0.780 e. The number of carbonyl (C=O) groups excluding carboxylic acids is 1. The largest absolute Gasteiger partial charge is 0.780 e. The van der Waals surface area contributed by atoms with Crippen molar-refractivity contribution >= 4 is 102 Å². The molecule has 8 rings (SSSR count). The number of carbonyl (C=O) groups is 1. The van der Waals surface area contributed by atoms with Crippen LogP contribution < -0.4 is 31.1 Å². The first-order valence-corrected chi connectivity index (χ1v) is 45.3. The lowest BCUT2D eigenvalue weighted by Crippen LogP contribution is -3.11. The second-order valence-electron chi connectivity index (χ2n) is 26.7. The quantitative estimate of drug-likeness (QED) is 0.0395. The second-order valence-corrected chi connectivity index (χ2v) is 47.3. The number of quaternary nitrogens is 2. The molecule has 3 saturated heterocycles. The first-order chi connectivity index (χ1) is 40.0. The van der Waals surface area contributed by atoms with Crippen LogP contribution in [-0.2, 0) is 82.7 Å². The monoisotopic (exact) mass is 1330 g/mol. The summed E-state index contributed by atoms with van der Waals surface area (Å²) in [7, 11) is -6.89. The number of aryl methyl sites for hydroxylation is 1. The smallest absolute Gasteiger partial charge is 0.407 e. The molecule has 0 saturated carbocycles. The third kappa shape index (κ3) is 18.4. The van der Waals surface area contributed by atoms with E-state index in [0.29, 0.717) is 11.5 Å². The van der Waals surface area contributed by atoms with Crippen LogP contribution in [0.25, 0.3) is 22.2 Å². The number of nitrogen functional groups attached to an aromatic ring is 1. The number of anilines is 2. The fourth-order valence-corrected chi connectivity index (χ4v) is 16.1. The summed E-state index contributed by atoms with van der Waals surface area (Å²) in [6.07, 6.45) is -2.97. The number of imidazole rings is 1. The van der Waals surface area contributed by atoms with E-state index in [4.69, 9.17) is 80.9 Å². The molecule has 4 aliphatic rings. The van der Waals surface area contributed by atoms with Crippen LogP contribution in [0.4, 0.5) is 16.4 Å². The van der Waals surface area contributed by atoms with E-state index < -0.39 is 107 Å². The van der Waals surface area contributed by atoms with E-state index in [0.717, 1.165) is 36.4 Å². The van der Waals surface area contributed by atoms with Crippen molar-refractivity contribution in [3.63, 3.8) is 0 Å². The van der Waals surface area contributed by atoms with Gasteiger partial charge in [-0.15, -0.1) is 0 Å². The SMILES string of the molecule is CC(C)(C)[Si](C)(C)O[C@@H]1[C@@H]2OP([O-])(=S)OC[C@H]3O[C@@H](n4cnc5c(N)nc(CNC(=O)OCC[Si](C)(C)C)nc54)[C@H](OP(=O)([S-])OC[C@H]2O[C@H]1n1cc2c4c(ncnc41)NCCC2)[C@@H]3O[Si](C)(C)C(C)(C)C.CC[NH+](CC)CC.CC[NH+](CC)CC. The first-order valence-electron chi connectivity index (χ1n) is 30.6. The minimum atomic E-state index is -4.56. The third-order valence-electron chi connectivity index (χ3n) is 17.5. The molecule has 3 fully saturated rings. The predicted molar refractivity (Wildman–Crippen MR) is 348 cm³/mol. The fourth-order valence-electron chi connectivity index (χ4n) is 9.93. The summed E-state index contributed by atoms with van der Waals surface area (Å²) in [5, 5.41) is 6.32. The molecule has 1 amide bonds. The van der Waals surface area contributed by atoms with Crippen molar-refractivity contribution in [2.24, 2.45) is 0 Å². The number of nitrogens with two attached hydrogens (primary N) is 1. The maximum Gasteiger partial charge on any atom is 0.407 e. The average molecular weight is 1330 g/mol. The Hall–Kier alpha value is -2.52. The van der Waals surface area contributed by atoms with Gasteiger partial charge in [0.25, 0.3) is 0 Å². The highest BCUT2D eigenvalue weighted by atomic mass is 32.7. The maximum atomic E-state index is 14.9. The van der Waals surface area contributed by atoms with Crippen molar-refractivity contribution < 1.29 is 65.2 Å². The van der Waals surface area contributed by atoms with Gasteiger partial charge in [-0.3, -0.25) is 9.13 Å². The van der Waals surface area contributed by atoms with E-state index in [9.17, 15) is 14.3 Å². The van der Waals surface area contributed by atoms with E-state index in [1.807, 2.05) is 23.9 Å². The van der Waals surface area contributed by atoms with Crippen LogP contribution in [0, 0.1) is 0 Å². The molecule has 24 nitrogen and oxygen atoms in total. The summed E-state index contributed by atoms with van der Waals surface area (Å²) in [5.41, 5.74) is 8.45. The number of fused-ring (bicyclic) bond motifs is 4. The number of hydrogen-bond donors (Lipinski definition) is 5. The Kier molecular flexibility index (Phi) is 25.2. The summed E-state index contributed by atoms with van der Waals surface area (Å²) in [6, 6.07) is 0.801. The summed E-state index contributed by atoms with van der Waals surface area (Å²) in [4.78, 5) is 53.7. The number of rotatable bonds is 17. The lowest BCUT2D eigenvalue weighted by Gasteiger charge is -2.42. The van der Waals surface area contributed by atoms with Crippen LogP contribution in [0.5, 0.6) is 0 Å². The highest BCUT2D eigenvalue weighted by Crippen LogP contribution is 2.56. The van der Waals surface area contributed by atoms with Crippen molar-refractivity contribution in [3.05, 3.63) is 30.2 Å². The van der Waals surface area contributed by atoms with Crippen LogP contribution in [0.15, 0.2) is 18.9 Å². The maximum absolute atomic E-state index is 14.9. The van der Waals surface area contributed by atoms with Gasteiger partial charge in [-0.1, -0.05) is 73.0 Å². The average Bonchev–Trinajstić information content (AvgIpc) is 2.73. The number of nitrogens with one attached hydrogen (secondary N) is 4. The van der Waals surface area contributed by atoms with E-state index in [1.165, 1.54) is 56.5 Å². The van der Waals surface area contributed by atoms with E-state index in [1.54, 1.807) is 9.80 Å². The molecule has 4 aromatic heterocycles. The van der Waals surface area contributed by atoms with Gasteiger partial charge in [-0.05, 0) is 102 Å². The molecule has 0 aromatic carbocycles. The zero-order chi connectivity index (χ0) is 64.0. The molecule has 10 atom stereocenters. The molecule has 0 spiro atoms. The molecule has 31 heteroatoms. The zero-order valence-corrected chi connectivity index (χ0v) is 61.0. The summed E-state index contributed by atoms with van der Waals surface area (Å²) in [5.74, 6) is 0.871. The highest BCUT2D eigenvalue weighted by Gasteiger charge is 2.56. The lowest BCUT2D eigenvalue weighted by atomic mass is 10.1. The molecule has 4 aliphatic heterocycles. The Labute approximate surface area is 524 Å². The second kappa shape index (κ2) is 29.8. The van der Waals surface area contributed by atoms with Gasteiger partial charge in [0.15, 0.2) is 46.4 Å². The van der Waals surface area contributed by atoms with Crippen LogP contribution in [0.2, 0.25) is 61.9 Å². The van der Waals surface area contributed by atoms with Crippen molar-refractivity contribution in [1.82, 2.24) is 39.4 Å². The lowest BCUT2D eigenvalue weighted by molar-refractivity contribution is -0.894. The van der Waals surface area contributed by atoms with Crippen LogP contribution in [0.3, 0.4) is 0 Å². The van der Waals surface area contributed by atoms with Crippen LogP contribution in [-0.4, -0.2) is 167 Å². The Morgan fingerprint density at radius 2 is 1.40 bits per heavy atom. The molecule has 2 unspecified atom stereocenters. The summed E-state index contributed by atoms with van der Waals surface area (Å²) < 4.78 is 76.9.